The van der Waals surface area contributed by atoms with Crippen molar-refractivity contribution >= 4 is 33.2 Å². The third-order valence-electron chi connectivity index (χ3n) is 3.44. The van der Waals surface area contributed by atoms with E-state index < -0.39 is 15.4 Å². The molecule has 1 aliphatic heterocycles. The summed E-state index contributed by atoms with van der Waals surface area (Å²) >= 11 is 5.67. The van der Waals surface area contributed by atoms with Gasteiger partial charge in [-0.3, -0.25) is 4.79 Å². The first-order valence-electron chi connectivity index (χ1n) is 6.96. The average Bonchev–Trinajstić information content (AvgIpc) is 2.48. The Labute approximate surface area is 130 Å². The lowest BCUT2D eigenvalue weighted by molar-refractivity contribution is -0.115. The molecule has 0 aromatic heterocycles. The number of hydrogen-bond donors (Lipinski definition) is 1. The maximum absolute atomic E-state index is 12.4. The minimum Gasteiger partial charge on any atom is -0.325 e. The lowest BCUT2D eigenvalue weighted by Gasteiger charge is -2.25. The fourth-order valence-corrected chi connectivity index (χ4v) is 3.78. The Bertz CT molecular complexity index is 593. The molecule has 21 heavy (non-hydrogen) atoms. The minimum absolute atomic E-state index is 0.251. The summed E-state index contributed by atoms with van der Waals surface area (Å²) < 4.78 is 26.4. The number of rotatable bonds is 4. The highest BCUT2D eigenvalue weighted by atomic mass is 35.5. The molecule has 1 fully saturated rings. The van der Waals surface area contributed by atoms with Gasteiger partial charge in [0, 0.05) is 18.8 Å². The monoisotopic (exact) mass is 330 g/mol. The second kappa shape index (κ2) is 6.77. The van der Waals surface area contributed by atoms with Crippen molar-refractivity contribution in [2.75, 3.05) is 18.4 Å². The molecule has 1 N–H and O–H groups in total. The number of nitrogens with zero attached hydrogens (tertiary/aromatic N) is 1. The lowest BCUT2D eigenvalue weighted by atomic mass is 10.2. The van der Waals surface area contributed by atoms with Gasteiger partial charge in [-0.1, -0.05) is 6.42 Å². The van der Waals surface area contributed by atoms with Crippen LogP contribution in [0, 0.1) is 0 Å². The first-order chi connectivity index (χ1) is 9.91. The van der Waals surface area contributed by atoms with Gasteiger partial charge in [0.25, 0.3) is 0 Å². The summed E-state index contributed by atoms with van der Waals surface area (Å²) in [5.74, 6) is -0.316. The van der Waals surface area contributed by atoms with Crippen LogP contribution in [0.15, 0.2) is 29.2 Å². The number of carbonyl (C=O) groups excluding carboxylic acids is 1. The highest BCUT2D eigenvalue weighted by Crippen LogP contribution is 2.22. The molecule has 0 radical (unpaired) electrons. The van der Waals surface area contributed by atoms with E-state index in [-0.39, 0.29) is 10.8 Å². The maximum Gasteiger partial charge on any atom is 0.243 e. The summed E-state index contributed by atoms with van der Waals surface area (Å²) in [6, 6.07) is 6.18. The number of carbonyl (C=O) groups is 1. The number of hydrogen-bond acceptors (Lipinski definition) is 3. The Morgan fingerprint density at radius 3 is 2.29 bits per heavy atom. The number of sulfonamides is 1. The van der Waals surface area contributed by atoms with Gasteiger partial charge in [0.15, 0.2) is 0 Å². The number of piperidine rings is 1. The number of anilines is 1. The van der Waals surface area contributed by atoms with Crippen molar-refractivity contribution in [2.24, 2.45) is 0 Å². The van der Waals surface area contributed by atoms with Crippen LogP contribution in [0.1, 0.15) is 26.2 Å². The molecule has 1 heterocycles. The summed E-state index contributed by atoms with van der Waals surface area (Å²) in [4.78, 5) is 11.7. The Morgan fingerprint density at radius 1 is 1.19 bits per heavy atom. The number of nitrogens with one attached hydrogen (secondary N) is 1. The fraction of sp³-hybridized carbons (Fsp3) is 0.500. The number of benzene rings is 1. The minimum atomic E-state index is -3.43. The molecule has 0 aliphatic carbocycles. The molecule has 0 bridgehead atoms. The lowest BCUT2D eigenvalue weighted by Crippen LogP contribution is -2.35. The molecule has 0 saturated carbocycles. The van der Waals surface area contributed by atoms with Gasteiger partial charge in [0.05, 0.1) is 4.90 Å². The van der Waals surface area contributed by atoms with Crippen molar-refractivity contribution in [3.8, 4) is 0 Å². The molecule has 2 rings (SSSR count). The van der Waals surface area contributed by atoms with Gasteiger partial charge < -0.3 is 5.32 Å². The van der Waals surface area contributed by atoms with Crippen LogP contribution in [-0.2, 0) is 14.8 Å². The van der Waals surface area contributed by atoms with E-state index in [9.17, 15) is 13.2 Å². The molecule has 0 unspecified atom stereocenters. The second-order valence-electron chi connectivity index (χ2n) is 5.09. The van der Waals surface area contributed by atoms with Crippen LogP contribution < -0.4 is 5.32 Å². The van der Waals surface area contributed by atoms with Crippen molar-refractivity contribution < 1.29 is 13.2 Å². The molecule has 1 aliphatic rings. The normalized spacial score (nSPS) is 18.2. The topological polar surface area (TPSA) is 66.5 Å². The van der Waals surface area contributed by atoms with Gasteiger partial charge in [0.1, 0.15) is 5.38 Å². The second-order valence-corrected chi connectivity index (χ2v) is 7.69. The highest BCUT2D eigenvalue weighted by Gasteiger charge is 2.25. The van der Waals surface area contributed by atoms with Crippen LogP contribution >= 0.6 is 11.6 Å². The number of amides is 1. The average molecular weight is 331 g/mol. The third-order valence-corrected chi connectivity index (χ3v) is 5.55. The molecular weight excluding hydrogens is 312 g/mol. The van der Waals surface area contributed by atoms with E-state index in [0.29, 0.717) is 18.8 Å². The van der Waals surface area contributed by atoms with E-state index in [0.717, 1.165) is 19.3 Å². The van der Waals surface area contributed by atoms with Crippen molar-refractivity contribution in [1.29, 1.82) is 0 Å². The summed E-state index contributed by atoms with van der Waals surface area (Å²) in [6.07, 6.45) is 2.88. The third kappa shape index (κ3) is 3.96. The van der Waals surface area contributed by atoms with Crippen molar-refractivity contribution in [2.45, 2.75) is 36.5 Å². The van der Waals surface area contributed by atoms with Gasteiger partial charge in [0.2, 0.25) is 15.9 Å². The summed E-state index contributed by atoms with van der Waals surface area (Å²) in [6.45, 7) is 2.72. The van der Waals surface area contributed by atoms with E-state index in [1.165, 1.54) is 16.4 Å². The Morgan fingerprint density at radius 2 is 1.76 bits per heavy atom. The van der Waals surface area contributed by atoms with Crippen LogP contribution in [0.25, 0.3) is 0 Å². The van der Waals surface area contributed by atoms with E-state index >= 15 is 0 Å². The van der Waals surface area contributed by atoms with Crippen LogP contribution in [0.2, 0.25) is 0 Å². The number of halogens is 1. The summed E-state index contributed by atoms with van der Waals surface area (Å²) in [5, 5.41) is 1.98. The zero-order chi connectivity index (χ0) is 15.5. The van der Waals surface area contributed by atoms with Crippen molar-refractivity contribution in [1.82, 2.24) is 4.31 Å². The van der Waals surface area contributed by atoms with Gasteiger partial charge in [-0.15, -0.1) is 11.6 Å². The van der Waals surface area contributed by atoms with Crippen LogP contribution in [0.5, 0.6) is 0 Å². The first kappa shape index (κ1) is 16.3. The SMILES string of the molecule is C[C@@H](Cl)C(=O)Nc1ccc(S(=O)(=O)N2CCCCC2)cc1. The van der Waals surface area contributed by atoms with Crippen LogP contribution in [0.3, 0.4) is 0 Å². The summed E-state index contributed by atoms with van der Waals surface area (Å²) in [7, 11) is -3.43. The Kier molecular flexibility index (Phi) is 5.24. The number of alkyl halides is 1. The van der Waals surface area contributed by atoms with E-state index in [1.807, 2.05) is 0 Å². The zero-order valence-electron chi connectivity index (χ0n) is 11.9. The predicted molar refractivity (Wildman–Crippen MR) is 83.0 cm³/mol. The molecule has 1 saturated heterocycles. The highest BCUT2D eigenvalue weighted by molar-refractivity contribution is 7.89. The van der Waals surface area contributed by atoms with E-state index in [2.05, 4.69) is 5.32 Å². The van der Waals surface area contributed by atoms with Crippen molar-refractivity contribution in [3.05, 3.63) is 24.3 Å². The molecule has 5 nitrogen and oxygen atoms in total. The van der Waals surface area contributed by atoms with Gasteiger partial charge in [-0.25, -0.2) is 8.42 Å². The fourth-order valence-electron chi connectivity index (χ4n) is 2.21. The van der Waals surface area contributed by atoms with E-state index in [4.69, 9.17) is 11.6 Å². The Balaban J connectivity index is 2.12. The maximum atomic E-state index is 12.4. The first-order valence-corrected chi connectivity index (χ1v) is 8.84. The van der Waals surface area contributed by atoms with E-state index in [1.54, 1.807) is 19.1 Å². The van der Waals surface area contributed by atoms with Gasteiger partial charge in [-0.2, -0.15) is 4.31 Å². The molecule has 1 aromatic rings. The molecule has 1 atom stereocenters. The zero-order valence-corrected chi connectivity index (χ0v) is 13.5. The van der Waals surface area contributed by atoms with Crippen molar-refractivity contribution in [3.63, 3.8) is 0 Å². The molecule has 7 heteroatoms. The molecule has 1 aromatic carbocycles. The van der Waals surface area contributed by atoms with Gasteiger partial charge in [-0.05, 0) is 44.0 Å². The smallest absolute Gasteiger partial charge is 0.243 e. The molecule has 0 spiro atoms. The van der Waals surface area contributed by atoms with Gasteiger partial charge >= 0.3 is 0 Å². The molecular formula is C14H19ClN2O3S. The molecule has 1 amide bonds. The van der Waals surface area contributed by atoms with Crippen LogP contribution in [0.4, 0.5) is 5.69 Å². The largest absolute Gasteiger partial charge is 0.325 e. The Hall–Kier alpha value is -1.11. The standard InChI is InChI=1S/C14H19ClN2O3S/c1-11(15)14(18)16-12-5-7-13(8-6-12)21(19,20)17-9-3-2-4-10-17/h5-8,11H,2-4,9-10H2,1H3,(H,16,18)/t11-/m1/s1. The van der Waals surface area contributed by atoms with Crippen LogP contribution in [-0.4, -0.2) is 37.1 Å². The molecule has 116 valence electrons. The quantitative estimate of drug-likeness (QED) is 0.862. The summed E-state index contributed by atoms with van der Waals surface area (Å²) in [5.41, 5.74) is 0.532. The predicted octanol–water partition coefficient (Wildman–Crippen LogP) is 2.43.